The maximum Gasteiger partial charge on any atom is 0.0564 e. The summed E-state index contributed by atoms with van der Waals surface area (Å²) >= 11 is 0. The lowest BCUT2D eigenvalue weighted by Crippen LogP contribution is -2.37. The van der Waals surface area contributed by atoms with E-state index < -0.39 is 0 Å². The molecular formula is C13H26N2O. The lowest BCUT2D eigenvalue weighted by molar-refractivity contribution is 0.0784. The largest absolute Gasteiger partial charge is 0.393 e. The second-order valence-corrected chi connectivity index (χ2v) is 5.64. The molecule has 0 atom stereocenters. The SMILES string of the molecule is NC1CCC(CCN2CCC(O)CC2)CC1. The monoisotopic (exact) mass is 226 g/mol. The van der Waals surface area contributed by atoms with Gasteiger partial charge in [0.05, 0.1) is 6.10 Å². The molecule has 0 amide bonds. The number of nitrogens with two attached hydrogens (primary N) is 1. The first kappa shape index (κ1) is 12.3. The molecule has 2 fully saturated rings. The van der Waals surface area contributed by atoms with Crippen molar-refractivity contribution in [3.8, 4) is 0 Å². The quantitative estimate of drug-likeness (QED) is 0.764. The Balaban J connectivity index is 1.60. The Kier molecular flexibility index (Phi) is 4.62. The third-order valence-electron chi connectivity index (χ3n) is 4.30. The van der Waals surface area contributed by atoms with Crippen LogP contribution >= 0.6 is 0 Å². The number of hydrogen-bond donors (Lipinski definition) is 2. The van der Waals surface area contributed by atoms with Crippen LogP contribution < -0.4 is 5.73 Å². The van der Waals surface area contributed by atoms with Crippen LogP contribution in [0.25, 0.3) is 0 Å². The molecule has 16 heavy (non-hydrogen) atoms. The molecule has 2 rings (SSSR count). The van der Waals surface area contributed by atoms with Crippen molar-refractivity contribution in [3.05, 3.63) is 0 Å². The number of likely N-dealkylation sites (tertiary alicyclic amines) is 1. The smallest absolute Gasteiger partial charge is 0.0564 e. The third-order valence-corrected chi connectivity index (χ3v) is 4.30. The number of hydrogen-bond acceptors (Lipinski definition) is 3. The summed E-state index contributed by atoms with van der Waals surface area (Å²) in [5, 5.41) is 9.43. The first-order valence-electron chi connectivity index (χ1n) is 6.90. The zero-order valence-corrected chi connectivity index (χ0v) is 10.3. The van der Waals surface area contributed by atoms with Crippen molar-refractivity contribution >= 4 is 0 Å². The highest BCUT2D eigenvalue weighted by atomic mass is 16.3. The summed E-state index contributed by atoms with van der Waals surface area (Å²) in [4.78, 5) is 2.52. The van der Waals surface area contributed by atoms with E-state index in [4.69, 9.17) is 5.73 Å². The van der Waals surface area contributed by atoms with Crippen molar-refractivity contribution in [1.29, 1.82) is 0 Å². The summed E-state index contributed by atoms with van der Waals surface area (Å²) in [6.07, 6.45) is 8.35. The van der Waals surface area contributed by atoms with Crippen molar-refractivity contribution in [2.75, 3.05) is 19.6 Å². The fourth-order valence-corrected chi connectivity index (χ4v) is 2.98. The van der Waals surface area contributed by atoms with E-state index in [1.807, 2.05) is 0 Å². The summed E-state index contributed by atoms with van der Waals surface area (Å²) in [7, 11) is 0. The molecule has 1 heterocycles. The normalized spacial score (nSPS) is 34.1. The Morgan fingerprint density at radius 3 is 2.25 bits per heavy atom. The standard InChI is InChI=1S/C13H26N2O/c14-12-3-1-11(2-4-12)5-8-15-9-6-13(16)7-10-15/h11-13,16H,1-10,14H2. The number of nitrogens with zero attached hydrogens (tertiary/aromatic N) is 1. The molecule has 0 aromatic heterocycles. The summed E-state index contributed by atoms with van der Waals surface area (Å²) in [5.74, 6) is 0.909. The molecule has 0 radical (unpaired) electrons. The van der Waals surface area contributed by atoms with Gasteiger partial charge in [-0.15, -0.1) is 0 Å². The summed E-state index contributed by atoms with van der Waals surface area (Å²) in [6.45, 7) is 3.41. The van der Waals surface area contributed by atoms with Crippen LogP contribution in [0.2, 0.25) is 0 Å². The van der Waals surface area contributed by atoms with Gasteiger partial charge in [0.2, 0.25) is 0 Å². The first-order valence-corrected chi connectivity index (χ1v) is 6.90. The maximum absolute atomic E-state index is 9.43. The van der Waals surface area contributed by atoms with E-state index in [9.17, 15) is 5.11 Å². The molecule has 0 unspecified atom stereocenters. The van der Waals surface area contributed by atoms with Gasteiger partial charge in [0.25, 0.3) is 0 Å². The topological polar surface area (TPSA) is 49.5 Å². The molecule has 1 aliphatic heterocycles. The van der Waals surface area contributed by atoms with Crippen molar-refractivity contribution in [2.45, 2.75) is 57.1 Å². The highest BCUT2D eigenvalue weighted by Gasteiger charge is 2.21. The van der Waals surface area contributed by atoms with E-state index in [1.165, 1.54) is 38.6 Å². The fourth-order valence-electron chi connectivity index (χ4n) is 2.98. The maximum atomic E-state index is 9.43. The molecule has 1 saturated heterocycles. The van der Waals surface area contributed by atoms with E-state index in [-0.39, 0.29) is 6.10 Å². The molecule has 0 aromatic carbocycles. The van der Waals surface area contributed by atoms with Gasteiger partial charge in [0.15, 0.2) is 0 Å². The van der Waals surface area contributed by atoms with Crippen molar-refractivity contribution in [2.24, 2.45) is 11.7 Å². The van der Waals surface area contributed by atoms with Crippen LogP contribution in [0.3, 0.4) is 0 Å². The lowest BCUT2D eigenvalue weighted by Gasteiger charge is -2.32. The van der Waals surface area contributed by atoms with Crippen LogP contribution in [0, 0.1) is 5.92 Å². The highest BCUT2D eigenvalue weighted by molar-refractivity contribution is 4.77. The van der Waals surface area contributed by atoms with Gasteiger partial charge in [0.1, 0.15) is 0 Å². The van der Waals surface area contributed by atoms with Gasteiger partial charge >= 0.3 is 0 Å². The van der Waals surface area contributed by atoms with Crippen molar-refractivity contribution < 1.29 is 5.11 Å². The molecule has 0 spiro atoms. The zero-order chi connectivity index (χ0) is 11.4. The minimum atomic E-state index is -0.0380. The Morgan fingerprint density at radius 1 is 1.00 bits per heavy atom. The molecule has 3 heteroatoms. The Morgan fingerprint density at radius 2 is 1.62 bits per heavy atom. The molecule has 1 saturated carbocycles. The zero-order valence-electron chi connectivity index (χ0n) is 10.3. The van der Waals surface area contributed by atoms with Gasteiger partial charge in [-0.25, -0.2) is 0 Å². The van der Waals surface area contributed by atoms with Gasteiger partial charge in [-0.05, 0) is 57.4 Å². The second kappa shape index (κ2) is 5.99. The highest BCUT2D eigenvalue weighted by Crippen LogP contribution is 2.26. The van der Waals surface area contributed by atoms with Crippen molar-refractivity contribution in [1.82, 2.24) is 4.90 Å². The van der Waals surface area contributed by atoms with Crippen LogP contribution in [0.4, 0.5) is 0 Å². The van der Waals surface area contributed by atoms with E-state index in [2.05, 4.69) is 4.90 Å². The average molecular weight is 226 g/mol. The fraction of sp³-hybridized carbons (Fsp3) is 1.00. The Bertz CT molecular complexity index is 172. The number of piperidine rings is 1. The van der Waals surface area contributed by atoms with Crippen molar-refractivity contribution in [3.63, 3.8) is 0 Å². The number of aliphatic hydroxyl groups excluding tert-OH is 1. The van der Waals surface area contributed by atoms with Crippen LogP contribution in [-0.4, -0.2) is 41.8 Å². The molecule has 3 nitrogen and oxygen atoms in total. The van der Waals surface area contributed by atoms with E-state index >= 15 is 0 Å². The molecule has 3 N–H and O–H groups in total. The Labute approximate surface area is 99.0 Å². The van der Waals surface area contributed by atoms with E-state index in [1.54, 1.807) is 0 Å². The van der Waals surface area contributed by atoms with Gasteiger partial charge in [-0.2, -0.15) is 0 Å². The van der Waals surface area contributed by atoms with Crippen LogP contribution in [0.15, 0.2) is 0 Å². The van der Waals surface area contributed by atoms with Gasteiger partial charge < -0.3 is 15.7 Å². The predicted molar refractivity (Wildman–Crippen MR) is 66.2 cm³/mol. The molecular weight excluding hydrogens is 200 g/mol. The minimum absolute atomic E-state index is 0.0380. The summed E-state index contributed by atoms with van der Waals surface area (Å²) in [5.41, 5.74) is 5.91. The van der Waals surface area contributed by atoms with Gasteiger partial charge in [0, 0.05) is 19.1 Å². The predicted octanol–water partition coefficient (Wildman–Crippen LogP) is 1.35. The number of rotatable bonds is 3. The number of aliphatic hydroxyl groups is 1. The Hall–Kier alpha value is -0.120. The molecule has 1 aliphatic carbocycles. The van der Waals surface area contributed by atoms with Crippen LogP contribution in [0.5, 0.6) is 0 Å². The minimum Gasteiger partial charge on any atom is -0.393 e. The van der Waals surface area contributed by atoms with Crippen LogP contribution in [0.1, 0.15) is 44.9 Å². The van der Waals surface area contributed by atoms with Crippen LogP contribution in [-0.2, 0) is 0 Å². The average Bonchev–Trinajstić information content (AvgIpc) is 2.30. The lowest BCUT2D eigenvalue weighted by atomic mass is 9.84. The summed E-state index contributed by atoms with van der Waals surface area (Å²) in [6, 6.07) is 0.474. The molecule has 0 bridgehead atoms. The first-order chi connectivity index (χ1) is 7.74. The molecule has 0 aromatic rings. The molecule has 2 aliphatic rings. The van der Waals surface area contributed by atoms with E-state index in [0.717, 1.165) is 31.8 Å². The van der Waals surface area contributed by atoms with Gasteiger partial charge in [-0.3, -0.25) is 0 Å². The second-order valence-electron chi connectivity index (χ2n) is 5.64. The van der Waals surface area contributed by atoms with E-state index in [0.29, 0.717) is 6.04 Å². The third kappa shape index (κ3) is 3.72. The molecule has 94 valence electrons. The summed E-state index contributed by atoms with van der Waals surface area (Å²) < 4.78 is 0. The van der Waals surface area contributed by atoms with Gasteiger partial charge in [-0.1, -0.05) is 0 Å².